The summed E-state index contributed by atoms with van der Waals surface area (Å²) >= 11 is 0. The first-order valence-electron chi connectivity index (χ1n) is 8.40. The predicted molar refractivity (Wildman–Crippen MR) is 93.8 cm³/mol. The molecule has 0 bridgehead atoms. The van der Waals surface area contributed by atoms with Crippen LogP contribution >= 0.6 is 0 Å². The summed E-state index contributed by atoms with van der Waals surface area (Å²) in [5.74, 6) is -0.480. The Morgan fingerprint density at radius 3 is 2.52 bits per heavy atom. The standard InChI is InChI=1S/C16H24F3N3O4S/c1-4-5-6-7-12-13(8-21-11(3)14(12)15(20)23)26-9-10(2)22-27(24,25)16(17,18)19/h8,10,22H,4-7,9H2,1-3H3,(H2,20,23)/t10-/m0/s1. The van der Waals surface area contributed by atoms with E-state index < -0.39 is 27.5 Å². The Bertz CT molecular complexity index is 767. The zero-order valence-corrected chi connectivity index (χ0v) is 16.2. The molecule has 27 heavy (non-hydrogen) atoms. The number of nitrogens with zero attached hydrogens (tertiary/aromatic N) is 1. The van der Waals surface area contributed by atoms with Gasteiger partial charge in [0.1, 0.15) is 12.4 Å². The van der Waals surface area contributed by atoms with Crippen molar-refractivity contribution >= 4 is 15.9 Å². The Morgan fingerprint density at radius 2 is 2.00 bits per heavy atom. The summed E-state index contributed by atoms with van der Waals surface area (Å²) in [7, 11) is -5.48. The van der Waals surface area contributed by atoms with Crippen LogP contribution in [0.3, 0.4) is 0 Å². The Hall–Kier alpha value is -1.88. The van der Waals surface area contributed by atoms with Crippen LogP contribution in [0, 0.1) is 6.92 Å². The number of rotatable bonds is 10. The SMILES string of the molecule is CCCCCc1c(OC[C@H](C)NS(=O)(=O)C(F)(F)F)cnc(C)c1C(N)=O. The molecule has 0 aliphatic heterocycles. The van der Waals surface area contributed by atoms with E-state index >= 15 is 0 Å². The Balaban J connectivity index is 2.99. The third kappa shape index (κ3) is 6.35. The maximum atomic E-state index is 12.4. The number of nitrogens with two attached hydrogens (primary N) is 1. The molecule has 1 rings (SSSR count). The molecule has 1 atom stereocenters. The minimum atomic E-state index is -5.48. The van der Waals surface area contributed by atoms with Gasteiger partial charge in [0.05, 0.1) is 23.5 Å². The lowest BCUT2D eigenvalue weighted by molar-refractivity contribution is -0.0451. The molecule has 0 saturated carbocycles. The number of pyridine rings is 1. The van der Waals surface area contributed by atoms with E-state index in [1.54, 1.807) is 6.92 Å². The average molecular weight is 411 g/mol. The van der Waals surface area contributed by atoms with Gasteiger partial charge in [-0.25, -0.2) is 13.1 Å². The van der Waals surface area contributed by atoms with Crippen LogP contribution in [0.2, 0.25) is 0 Å². The molecule has 0 aliphatic carbocycles. The topological polar surface area (TPSA) is 111 Å². The second-order valence-electron chi connectivity index (χ2n) is 6.16. The van der Waals surface area contributed by atoms with Crippen LogP contribution in [-0.2, 0) is 16.4 Å². The van der Waals surface area contributed by atoms with Crippen molar-refractivity contribution < 1.29 is 31.1 Å². The third-order valence-electron chi connectivity index (χ3n) is 3.76. The second kappa shape index (κ2) is 9.36. The summed E-state index contributed by atoms with van der Waals surface area (Å²) in [5.41, 5.74) is 1.18. The van der Waals surface area contributed by atoms with Crippen molar-refractivity contribution in [2.45, 2.75) is 58.0 Å². The van der Waals surface area contributed by atoms with E-state index in [1.807, 2.05) is 6.92 Å². The highest BCUT2D eigenvalue weighted by molar-refractivity contribution is 7.90. The molecule has 7 nitrogen and oxygen atoms in total. The van der Waals surface area contributed by atoms with E-state index in [1.165, 1.54) is 17.8 Å². The zero-order chi connectivity index (χ0) is 20.8. The van der Waals surface area contributed by atoms with Crippen molar-refractivity contribution in [2.24, 2.45) is 5.73 Å². The molecule has 0 spiro atoms. The van der Waals surface area contributed by atoms with Crippen LogP contribution in [0.4, 0.5) is 13.2 Å². The Morgan fingerprint density at radius 1 is 1.37 bits per heavy atom. The van der Waals surface area contributed by atoms with E-state index in [0.29, 0.717) is 17.7 Å². The molecule has 0 aliphatic rings. The Kier molecular flexibility index (Phi) is 8.03. The van der Waals surface area contributed by atoms with Crippen molar-refractivity contribution in [1.29, 1.82) is 0 Å². The first kappa shape index (κ1) is 23.2. The predicted octanol–water partition coefficient (Wildman–Crippen LogP) is 2.43. The van der Waals surface area contributed by atoms with Gasteiger partial charge in [0, 0.05) is 5.56 Å². The summed E-state index contributed by atoms with van der Waals surface area (Å²) in [6, 6.07) is -1.15. The molecule has 1 aromatic heterocycles. The van der Waals surface area contributed by atoms with Crippen molar-refractivity contribution in [3.63, 3.8) is 0 Å². The van der Waals surface area contributed by atoms with Crippen molar-refractivity contribution in [1.82, 2.24) is 9.71 Å². The smallest absolute Gasteiger partial charge is 0.490 e. The van der Waals surface area contributed by atoms with Crippen LogP contribution in [-0.4, -0.2) is 37.5 Å². The number of nitrogens with one attached hydrogen (secondary N) is 1. The van der Waals surface area contributed by atoms with E-state index in [2.05, 4.69) is 4.98 Å². The summed E-state index contributed by atoms with van der Waals surface area (Å²) in [4.78, 5) is 15.8. The highest BCUT2D eigenvalue weighted by atomic mass is 32.2. The number of aryl methyl sites for hydroxylation is 1. The molecule has 1 aromatic rings. The fourth-order valence-corrected chi connectivity index (χ4v) is 3.20. The minimum Gasteiger partial charge on any atom is -0.490 e. The number of aromatic nitrogens is 1. The number of halogens is 3. The number of unbranched alkanes of at least 4 members (excludes halogenated alkanes) is 2. The highest BCUT2D eigenvalue weighted by Gasteiger charge is 2.46. The zero-order valence-electron chi connectivity index (χ0n) is 15.4. The third-order valence-corrected chi connectivity index (χ3v) is 5.09. The molecule has 1 heterocycles. The van der Waals surface area contributed by atoms with Gasteiger partial charge in [0.25, 0.3) is 5.91 Å². The summed E-state index contributed by atoms with van der Waals surface area (Å²) in [5, 5.41) is 0. The van der Waals surface area contributed by atoms with Gasteiger partial charge in [-0.15, -0.1) is 0 Å². The molecule has 0 fully saturated rings. The normalized spacial score (nSPS) is 13.4. The number of carbonyl (C=O) groups excluding carboxylic acids is 1. The van der Waals surface area contributed by atoms with Gasteiger partial charge in [0.15, 0.2) is 0 Å². The lowest BCUT2D eigenvalue weighted by Crippen LogP contribution is -2.43. The maximum Gasteiger partial charge on any atom is 0.511 e. The summed E-state index contributed by atoms with van der Waals surface area (Å²) in [6.45, 7) is 4.49. The first-order valence-corrected chi connectivity index (χ1v) is 9.88. The molecule has 11 heteroatoms. The number of hydrogen-bond acceptors (Lipinski definition) is 5. The van der Waals surface area contributed by atoms with Gasteiger partial charge in [-0.2, -0.15) is 13.2 Å². The number of hydrogen-bond donors (Lipinski definition) is 2. The minimum absolute atomic E-state index is 0.198. The van der Waals surface area contributed by atoms with Crippen molar-refractivity contribution in [3.8, 4) is 5.75 Å². The number of primary amides is 1. The van der Waals surface area contributed by atoms with Crippen LogP contribution in [0.1, 0.15) is 54.7 Å². The molecular formula is C16H24F3N3O4S. The Labute approximate surface area is 156 Å². The lowest BCUT2D eigenvalue weighted by atomic mass is 9.99. The fourth-order valence-electron chi connectivity index (χ4n) is 2.47. The second-order valence-corrected chi connectivity index (χ2v) is 7.87. The maximum absolute atomic E-state index is 12.4. The number of sulfonamides is 1. The number of carbonyl (C=O) groups is 1. The number of amides is 1. The molecule has 0 saturated heterocycles. The van der Waals surface area contributed by atoms with Crippen LogP contribution in [0.15, 0.2) is 6.20 Å². The lowest BCUT2D eigenvalue weighted by Gasteiger charge is -2.19. The summed E-state index contributed by atoms with van der Waals surface area (Å²) in [6.07, 6.45) is 4.44. The van der Waals surface area contributed by atoms with Gasteiger partial charge in [-0.3, -0.25) is 9.78 Å². The van der Waals surface area contributed by atoms with Gasteiger partial charge in [-0.1, -0.05) is 19.8 Å². The van der Waals surface area contributed by atoms with E-state index in [0.717, 1.165) is 19.3 Å². The molecule has 3 N–H and O–H groups in total. The molecule has 154 valence electrons. The fraction of sp³-hybridized carbons (Fsp3) is 0.625. The van der Waals surface area contributed by atoms with Crippen LogP contribution < -0.4 is 15.2 Å². The van der Waals surface area contributed by atoms with Gasteiger partial charge < -0.3 is 10.5 Å². The highest BCUT2D eigenvalue weighted by Crippen LogP contribution is 2.26. The first-order chi connectivity index (χ1) is 12.4. The van der Waals surface area contributed by atoms with Gasteiger partial charge in [0.2, 0.25) is 0 Å². The number of ether oxygens (including phenoxy) is 1. The van der Waals surface area contributed by atoms with E-state index in [4.69, 9.17) is 10.5 Å². The van der Waals surface area contributed by atoms with Crippen molar-refractivity contribution in [3.05, 3.63) is 23.0 Å². The van der Waals surface area contributed by atoms with Crippen molar-refractivity contribution in [2.75, 3.05) is 6.61 Å². The largest absolute Gasteiger partial charge is 0.511 e. The van der Waals surface area contributed by atoms with E-state index in [9.17, 15) is 26.4 Å². The average Bonchev–Trinajstić information content (AvgIpc) is 2.52. The molecule has 1 amide bonds. The number of alkyl halides is 3. The molecule has 0 radical (unpaired) electrons. The molecular weight excluding hydrogens is 387 g/mol. The van der Waals surface area contributed by atoms with Crippen LogP contribution in [0.25, 0.3) is 0 Å². The van der Waals surface area contributed by atoms with Gasteiger partial charge >= 0.3 is 15.5 Å². The summed E-state index contributed by atoms with van der Waals surface area (Å²) < 4.78 is 66.5. The van der Waals surface area contributed by atoms with Gasteiger partial charge in [-0.05, 0) is 26.7 Å². The van der Waals surface area contributed by atoms with E-state index in [-0.39, 0.29) is 17.9 Å². The van der Waals surface area contributed by atoms with Crippen LogP contribution in [0.5, 0.6) is 5.75 Å². The monoisotopic (exact) mass is 411 g/mol. The molecule has 0 aromatic carbocycles. The molecule has 0 unspecified atom stereocenters. The quantitative estimate of drug-likeness (QED) is 0.575.